The summed E-state index contributed by atoms with van der Waals surface area (Å²) >= 11 is 0. The van der Waals surface area contributed by atoms with E-state index in [9.17, 15) is 4.79 Å². The molecule has 5 nitrogen and oxygen atoms in total. The van der Waals surface area contributed by atoms with E-state index in [-0.39, 0.29) is 11.9 Å². The number of benzene rings is 1. The molecule has 1 heterocycles. The summed E-state index contributed by atoms with van der Waals surface area (Å²) in [6.45, 7) is 1.72. The second-order valence-electron chi connectivity index (χ2n) is 4.74. The summed E-state index contributed by atoms with van der Waals surface area (Å²) in [7, 11) is 1.59. The normalized spacial score (nSPS) is 18.8. The van der Waals surface area contributed by atoms with Gasteiger partial charge < -0.3 is 15.8 Å². The Morgan fingerprint density at radius 1 is 1.50 bits per heavy atom. The summed E-state index contributed by atoms with van der Waals surface area (Å²) in [5.74, 6) is 0.609. The van der Waals surface area contributed by atoms with E-state index in [1.54, 1.807) is 7.11 Å². The summed E-state index contributed by atoms with van der Waals surface area (Å²) in [5, 5.41) is 2.88. The molecule has 20 heavy (non-hydrogen) atoms. The number of amides is 1. The van der Waals surface area contributed by atoms with Gasteiger partial charge in [0.1, 0.15) is 5.75 Å². The molecule has 0 spiro atoms. The summed E-state index contributed by atoms with van der Waals surface area (Å²) in [6.07, 6.45) is 5.14. The maximum atomic E-state index is 12.1. The number of nitrogens with zero attached hydrogens (tertiary/aromatic N) is 1. The van der Waals surface area contributed by atoms with Crippen molar-refractivity contribution in [2.45, 2.75) is 12.5 Å². The van der Waals surface area contributed by atoms with Crippen LogP contribution in [0.3, 0.4) is 0 Å². The molecule has 3 N–H and O–H groups in total. The van der Waals surface area contributed by atoms with Gasteiger partial charge in [0.05, 0.1) is 19.3 Å². The molecule has 1 aromatic carbocycles. The Balaban J connectivity index is 1.97. The fourth-order valence-corrected chi connectivity index (χ4v) is 2.33. The molecule has 1 aliphatic rings. The number of rotatable bonds is 5. The Morgan fingerprint density at radius 2 is 2.30 bits per heavy atom. The largest absolute Gasteiger partial charge is 0.495 e. The summed E-state index contributed by atoms with van der Waals surface area (Å²) in [6, 6.07) is 7.53. The molecule has 1 aromatic rings. The van der Waals surface area contributed by atoms with Crippen molar-refractivity contribution in [2.24, 2.45) is 5.73 Å². The van der Waals surface area contributed by atoms with Gasteiger partial charge in [0, 0.05) is 19.1 Å². The number of anilines is 1. The van der Waals surface area contributed by atoms with Crippen molar-refractivity contribution in [3.63, 3.8) is 0 Å². The maximum absolute atomic E-state index is 12.1. The van der Waals surface area contributed by atoms with Crippen molar-refractivity contribution in [2.75, 3.05) is 32.1 Å². The fraction of sp³-hybridized carbons (Fsp3) is 0.400. The number of methoxy groups -OCH3 is 1. The third-order valence-corrected chi connectivity index (χ3v) is 3.38. The zero-order chi connectivity index (χ0) is 14.4. The van der Waals surface area contributed by atoms with E-state index in [1.807, 2.05) is 24.3 Å². The topological polar surface area (TPSA) is 67.6 Å². The number of hydrogen-bond acceptors (Lipinski definition) is 4. The van der Waals surface area contributed by atoms with Gasteiger partial charge in [-0.05, 0) is 18.6 Å². The van der Waals surface area contributed by atoms with E-state index in [0.29, 0.717) is 24.5 Å². The third kappa shape index (κ3) is 3.59. The van der Waals surface area contributed by atoms with Gasteiger partial charge in [-0.25, -0.2) is 0 Å². The second kappa shape index (κ2) is 7.07. The minimum atomic E-state index is -0.0525. The standard InChI is InChI=1S/C15H21N3O2/c1-20-14-8-3-2-7-13(14)17-15(19)11-18-9-5-4-6-12(18)10-16/h2-4,6-8,12H,5,9-11,16H2,1H3,(H,17,19). The Morgan fingerprint density at radius 3 is 3.05 bits per heavy atom. The maximum Gasteiger partial charge on any atom is 0.238 e. The van der Waals surface area contributed by atoms with Gasteiger partial charge in [-0.1, -0.05) is 24.3 Å². The molecule has 0 saturated carbocycles. The summed E-state index contributed by atoms with van der Waals surface area (Å²) in [5.41, 5.74) is 6.41. The van der Waals surface area contributed by atoms with Gasteiger partial charge in [0.25, 0.3) is 0 Å². The van der Waals surface area contributed by atoms with Crippen LogP contribution in [0.2, 0.25) is 0 Å². The molecule has 1 amide bonds. The van der Waals surface area contributed by atoms with Crippen LogP contribution in [-0.4, -0.2) is 43.6 Å². The Hall–Kier alpha value is -1.85. The first-order valence-corrected chi connectivity index (χ1v) is 6.78. The highest BCUT2D eigenvalue weighted by molar-refractivity contribution is 5.93. The molecular formula is C15H21N3O2. The smallest absolute Gasteiger partial charge is 0.238 e. The predicted octanol–water partition coefficient (Wildman–Crippen LogP) is 1.22. The molecule has 5 heteroatoms. The van der Waals surface area contributed by atoms with Crippen molar-refractivity contribution in [3.8, 4) is 5.75 Å². The Bertz CT molecular complexity index is 488. The van der Waals surface area contributed by atoms with E-state index >= 15 is 0 Å². The minimum Gasteiger partial charge on any atom is -0.495 e. The van der Waals surface area contributed by atoms with E-state index in [0.717, 1.165) is 13.0 Å². The molecule has 0 aromatic heterocycles. The van der Waals surface area contributed by atoms with Crippen molar-refractivity contribution in [3.05, 3.63) is 36.4 Å². The number of carbonyl (C=O) groups is 1. The van der Waals surface area contributed by atoms with Crippen LogP contribution in [0.15, 0.2) is 36.4 Å². The van der Waals surface area contributed by atoms with Gasteiger partial charge in [0.2, 0.25) is 5.91 Å². The molecule has 0 fully saturated rings. The lowest BCUT2D eigenvalue weighted by atomic mass is 10.1. The van der Waals surface area contributed by atoms with Crippen LogP contribution >= 0.6 is 0 Å². The number of para-hydroxylation sites is 2. The van der Waals surface area contributed by atoms with Crippen LogP contribution in [0.1, 0.15) is 6.42 Å². The number of nitrogens with two attached hydrogens (primary N) is 1. The average molecular weight is 275 g/mol. The second-order valence-corrected chi connectivity index (χ2v) is 4.74. The SMILES string of the molecule is COc1ccccc1NC(=O)CN1CCC=CC1CN. The quantitative estimate of drug-likeness (QED) is 0.793. The zero-order valence-electron chi connectivity index (χ0n) is 11.7. The predicted molar refractivity (Wildman–Crippen MR) is 79.8 cm³/mol. The number of ether oxygens (including phenoxy) is 1. The molecule has 0 saturated heterocycles. The Kier molecular flexibility index (Phi) is 5.15. The van der Waals surface area contributed by atoms with Gasteiger partial charge in [-0.3, -0.25) is 9.69 Å². The van der Waals surface area contributed by atoms with Crippen molar-refractivity contribution in [1.82, 2.24) is 4.90 Å². The van der Waals surface area contributed by atoms with Gasteiger partial charge in [0.15, 0.2) is 0 Å². The molecule has 1 aliphatic heterocycles. The monoisotopic (exact) mass is 275 g/mol. The molecule has 1 unspecified atom stereocenters. The Labute approximate surface area is 119 Å². The van der Waals surface area contributed by atoms with Crippen LogP contribution in [0, 0.1) is 0 Å². The number of hydrogen-bond donors (Lipinski definition) is 2. The minimum absolute atomic E-state index is 0.0525. The first kappa shape index (κ1) is 14.6. The first-order chi connectivity index (χ1) is 9.74. The average Bonchev–Trinajstić information content (AvgIpc) is 2.48. The third-order valence-electron chi connectivity index (χ3n) is 3.38. The molecule has 0 bridgehead atoms. The molecule has 2 rings (SSSR count). The van der Waals surface area contributed by atoms with Crippen molar-refractivity contribution < 1.29 is 9.53 Å². The molecule has 108 valence electrons. The highest BCUT2D eigenvalue weighted by atomic mass is 16.5. The lowest BCUT2D eigenvalue weighted by Crippen LogP contribution is -2.45. The molecule has 1 atom stereocenters. The van der Waals surface area contributed by atoms with Crippen LogP contribution in [-0.2, 0) is 4.79 Å². The van der Waals surface area contributed by atoms with E-state index < -0.39 is 0 Å². The van der Waals surface area contributed by atoms with Crippen LogP contribution in [0.4, 0.5) is 5.69 Å². The van der Waals surface area contributed by atoms with E-state index in [1.165, 1.54) is 0 Å². The van der Waals surface area contributed by atoms with Gasteiger partial charge >= 0.3 is 0 Å². The van der Waals surface area contributed by atoms with E-state index in [2.05, 4.69) is 22.4 Å². The summed E-state index contributed by atoms with van der Waals surface area (Å²) in [4.78, 5) is 14.2. The van der Waals surface area contributed by atoms with Crippen LogP contribution in [0.5, 0.6) is 5.75 Å². The van der Waals surface area contributed by atoms with Crippen molar-refractivity contribution in [1.29, 1.82) is 0 Å². The molecule has 0 aliphatic carbocycles. The van der Waals surface area contributed by atoms with Gasteiger partial charge in [-0.2, -0.15) is 0 Å². The van der Waals surface area contributed by atoms with Crippen LogP contribution in [0.25, 0.3) is 0 Å². The van der Waals surface area contributed by atoms with Gasteiger partial charge in [-0.15, -0.1) is 0 Å². The molecule has 0 radical (unpaired) electrons. The lowest BCUT2D eigenvalue weighted by molar-refractivity contribution is -0.117. The fourth-order valence-electron chi connectivity index (χ4n) is 2.33. The summed E-state index contributed by atoms with van der Waals surface area (Å²) < 4.78 is 5.22. The number of carbonyl (C=O) groups excluding carboxylic acids is 1. The van der Waals surface area contributed by atoms with Crippen molar-refractivity contribution >= 4 is 11.6 Å². The lowest BCUT2D eigenvalue weighted by Gasteiger charge is -2.30. The van der Waals surface area contributed by atoms with Crippen LogP contribution < -0.4 is 15.8 Å². The number of nitrogens with one attached hydrogen (secondary N) is 1. The highest BCUT2D eigenvalue weighted by Crippen LogP contribution is 2.23. The first-order valence-electron chi connectivity index (χ1n) is 6.78. The highest BCUT2D eigenvalue weighted by Gasteiger charge is 2.20. The molecular weight excluding hydrogens is 254 g/mol. The van der Waals surface area contributed by atoms with E-state index in [4.69, 9.17) is 10.5 Å². The zero-order valence-corrected chi connectivity index (χ0v) is 11.7.